The van der Waals surface area contributed by atoms with Crippen LogP contribution in [0.5, 0.6) is 0 Å². The Kier molecular flexibility index (Phi) is 5.00. The molecule has 0 spiro atoms. The zero-order valence-electron chi connectivity index (χ0n) is 11.4. The molecule has 4 heteroatoms. The van der Waals surface area contributed by atoms with E-state index in [4.69, 9.17) is 0 Å². The highest BCUT2D eigenvalue weighted by Crippen LogP contribution is 2.26. The average molecular weight is 273 g/mol. The molecule has 0 fully saturated rings. The van der Waals surface area contributed by atoms with Crippen LogP contribution in [0.15, 0.2) is 23.7 Å². The lowest BCUT2D eigenvalue weighted by Crippen LogP contribution is -2.31. The summed E-state index contributed by atoms with van der Waals surface area (Å²) in [5.41, 5.74) is 3.08. The molecule has 0 atom stereocenters. The van der Waals surface area contributed by atoms with Gasteiger partial charge in [-0.2, -0.15) is 5.26 Å². The molecule has 0 aliphatic carbocycles. The van der Waals surface area contributed by atoms with Crippen molar-refractivity contribution in [1.82, 2.24) is 9.88 Å². The lowest BCUT2D eigenvalue weighted by Gasteiger charge is -2.28. The van der Waals surface area contributed by atoms with E-state index in [0.29, 0.717) is 5.56 Å². The number of nitrogens with zero attached hydrogens (tertiary/aromatic N) is 3. The molecule has 0 radical (unpaired) electrons. The number of nitriles is 1. The van der Waals surface area contributed by atoms with E-state index in [1.165, 1.54) is 12.0 Å². The van der Waals surface area contributed by atoms with Crippen LogP contribution in [0.3, 0.4) is 0 Å². The van der Waals surface area contributed by atoms with Crippen LogP contribution in [-0.2, 0) is 13.0 Å². The summed E-state index contributed by atoms with van der Waals surface area (Å²) in [4.78, 5) is 7.11. The number of aromatic nitrogens is 1. The van der Waals surface area contributed by atoms with Crippen molar-refractivity contribution in [3.63, 3.8) is 0 Å². The zero-order valence-corrected chi connectivity index (χ0v) is 12.2. The molecular formula is C15H19N3S. The van der Waals surface area contributed by atoms with Crippen LogP contribution in [0, 0.1) is 11.3 Å². The Balaban J connectivity index is 2.24. The van der Waals surface area contributed by atoms with Gasteiger partial charge in [0.25, 0.3) is 0 Å². The minimum atomic E-state index is 0.698. The summed E-state index contributed by atoms with van der Waals surface area (Å²) in [7, 11) is 0. The van der Waals surface area contributed by atoms with Crippen molar-refractivity contribution in [3.05, 3.63) is 35.5 Å². The maximum atomic E-state index is 9.25. The number of hydrogen-bond acceptors (Lipinski definition) is 4. The van der Waals surface area contributed by atoms with Crippen LogP contribution in [0.2, 0.25) is 0 Å². The van der Waals surface area contributed by atoms with E-state index in [-0.39, 0.29) is 0 Å². The first-order chi connectivity index (χ1) is 9.28. The summed E-state index contributed by atoms with van der Waals surface area (Å²) >= 11 is 1.59. The van der Waals surface area contributed by atoms with Crippen molar-refractivity contribution in [1.29, 1.82) is 5.26 Å². The molecule has 0 unspecified atom stereocenters. The van der Waals surface area contributed by atoms with Crippen LogP contribution < -0.4 is 0 Å². The van der Waals surface area contributed by atoms with Crippen molar-refractivity contribution in [2.24, 2.45) is 0 Å². The van der Waals surface area contributed by atoms with Crippen LogP contribution in [0.1, 0.15) is 30.2 Å². The van der Waals surface area contributed by atoms with Crippen molar-refractivity contribution >= 4 is 11.8 Å². The zero-order chi connectivity index (χ0) is 13.7. The molecule has 0 N–H and O–H groups in total. The fourth-order valence-electron chi connectivity index (χ4n) is 2.35. The van der Waals surface area contributed by atoms with Gasteiger partial charge in [0.15, 0.2) is 0 Å². The largest absolute Gasteiger partial charge is 0.299 e. The number of pyridine rings is 1. The van der Waals surface area contributed by atoms with Crippen molar-refractivity contribution in [3.8, 4) is 6.07 Å². The molecule has 2 rings (SSSR count). The smallest absolute Gasteiger partial charge is 0.114 e. The SMILES string of the molecule is C=CCSc1nc2c(cc1C#N)CN(CCC)CC2. The third-order valence-electron chi connectivity index (χ3n) is 3.21. The van der Waals surface area contributed by atoms with Gasteiger partial charge >= 0.3 is 0 Å². The normalized spacial score (nSPS) is 14.7. The Bertz CT molecular complexity index is 505. The van der Waals surface area contributed by atoms with Gasteiger partial charge in [0.1, 0.15) is 11.1 Å². The topological polar surface area (TPSA) is 39.9 Å². The van der Waals surface area contributed by atoms with Crippen LogP contribution in [-0.4, -0.2) is 28.7 Å². The van der Waals surface area contributed by atoms with E-state index in [0.717, 1.165) is 42.5 Å². The molecular weight excluding hydrogens is 254 g/mol. The Labute approximate surface area is 119 Å². The molecule has 1 aliphatic rings. The lowest BCUT2D eigenvalue weighted by molar-refractivity contribution is 0.252. The summed E-state index contributed by atoms with van der Waals surface area (Å²) in [6.45, 7) is 9.03. The van der Waals surface area contributed by atoms with E-state index in [1.807, 2.05) is 12.1 Å². The summed E-state index contributed by atoms with van der Waals surface area (Å²) < 4.78 is 0. The van der Waals surface area contributed by atoms with Gasteiger partial charge in [-0.05, 0) is 24.6 Å². The minimum Gasteiger partial charge on any atom is -0.299 e. The highest BCUT2D eigenvalue weighted by Gasteiger charge is 2.19. The molecule has 1 aliphatic heterocycles. The van der Waals surface area contributed by atoms with E-state index in [1.54, 1.807) is 11.8 Å². The van der Waals surface area contributed by atoms with Gasteiger partial charge in [-0.25, -0.2) is 4.98 Å². The predicted molar refractivity (Wildman–Crippen MR) is 79.1 cm³/mol. The second kappa shape index (κ2) is 6.74. The number of fused-ring (bicyclic) bond motifs is 1. The molecule has 1 aromatic heterocycles. The number of thioether (sulfide) groups is 1. The van der Waals surface area contributed by atoms with Gasteiger partial charge in [0, 0.05) is 31.0 Å². The standard InChI is InChI=1S/C15H19N3S/c1-3-6-18-7-5-14-13(11-18)9-12(10-16)15(17-14)19-8-4-2/h4,9H,2-3,5-8,11H2,1H3. The predicted octanol–water partition coefficient (Wildman–Crippen LogP) is 3.00. The molecule has 0 amide bonds. The van der Waals surface area contributed by atoms with Gasteiger partial charge in [-0.3, -0.25) is 4.90 Å². The summed E-state index contributed by atoms with van der Waals surface area (Å²) in [6.07, 6.45) is 4.00. The van der Waals surface area contributed by atoms with E-state index in [2.05, 4.69) is 29.5 Å². The minimum absolute atomic E-state index is 0.698. The van der Waals surface area contributed by atoms with Crippen LogP contribution in [0.25, 0.3) is 0 Å². The van der Waals surface area contributed by atoms with Gasteiger partial charge < -0.3 is 0 Å². The second-order valence-electron chi connectivity index (χ2n) is 4.68. The quantitative estimate of drug-likeness (QED) is 0.611. The molecule has 2 heterocycles. The molecule has 19 heavy (non-hydrogen) atoms. The van der Waals surface area contributed by atoms with E-state index in [9.17, 15) is 5.26 Å². The molecule has 1 aromatic rings. The van der Waals surface area contributed by atoms with Crippen molar-refractivity contribution in [2.45, 2.75) is 31.3 Å². The molecule has 0 saturated carbocycles. The third-order valence-corrected chi connectivity index (χ3v) is 4.20. The fraction of sp³-hybridized carbons (Fsp3) is 0.467. The van der Waals surface area contributed by atoms with Gasteiger partial charge in [-0.15, -0.1) is 18.3 Å². The molecule has 0 aromatic carbocycles. The maximum Gasteiger partial charge on any atom is 0.114 e. The Morgan fingerprint density at radius 2 is 2.47 bits per heavy atom. The van der Waals surface area contributed by atoms with E-state index >= 15 is 0 Å². The summed E-state index contributed by atoms with van der Waals surface area (Å²) in [6, 6.07) is 4.29. The fourth-order valence-corrected chi connectivity index (χ4v) is 3.06. The summed E-state index contributed by atoms with van der Waals surface area (Å²) in [5, 5.41) is 10.1. The molecule has 3 nitrogen and oxygen atoms in total. The number of rotatable bonds is 5. The lowest BCUT2D eigenvalue weighted by atomic mass is 10.0. The summed E-state index contributed by atoms with van der Waals surface area (Å²) in [5.74, 6) is 0.794. The van der Waals surface area contributed by atoms with Crippen LogP contribution in [0.4, 0.5) is 0 Å². The van der Waals surface area contributed by atoms with Gasteiger partial charge in [0.05, 0.1) is 5.56 Å². The van der Waals surface area contributed by atoms with Crippen LogP contribution >= 0.6 is 11.8 Å². The molecule has 0 saturated heterocycles. The van der Waals surface area contributed by atoms with E-state index < -0.39 is 0 Å². The third kappa shape index (κ3) is 3.37. The Morgan fingerprint density at radius 3 is 3.16 bits per heavy atom. The second-order valence-corrected chi connectivity index (χ2v) is 5.69. The Morgan fingerprint density at radius 1 is 1.63 bits per heavy atom. The van der Waals surface area contributed by atoms with Gasteiger partial charge in [-0.1, -0.05) is 13.0 Å². The molecule has 0 bridgehead atoms. The van der Waals surface area contributed by atoms with Gasteiger partial charge in [0.2, 0.25) is 0 Å². The number of hydrogen-bond donors (Lipinski definition) is 0. The average Bonchev–Trinajstić information content (AvgIpc) is 2.44. The molecule has 100 valence electrons. The highest BCUT2D eigenvalue weighted by atomic mass is 32.2. The maximum absolute atomic E-state index is 9.25. The first kappa shape index (κ1) is 14.1. The highest BCUT2D eigenvalue weighted by molar-refractivity contribution is 7.99. The monoisotopic (exact) mass is 273 g/mol. The Hall–Kier alpha value is -1.31. The van der Waals surface area contributed by atoms with Crippen molar-refractivity contribution < 1.29 is 0 Å². The van der Waals surface area contributed by atoms with Crippen molar-refractivity contribution in [2.75, 3.05) is 18.8 Å². The first-order valence-corrected chi connectivity index (χ1v) is 7.66. The first-order valence-electron chi connectivity index (χ1n) is 6.67.